The molecule has 0 saturated carbocycles. The fraction of sp³-hybridized carbons (Fsp3) is 0.158. The number of hydrogen-bond donors (Lipinski definition) is 3. The number of pyridine rings is 1. The molecule has 0 radical (unpaired) electrons. The molecule has 0 unspecified atom stereocenters. The van der Waals surface area contributed by atoms with Crippen molar-refractivity contribution in [3.8, 4) is 0 Å². The zero-order valence-electron chi connectivity index (χ0n) is 15.6. The first-order valence-corrected chi connectivity index (χ1v) is 9.68. The Morgan fingerprint density at radius 1 is 0.931 bits per heavy atom. The minimum Gasteiger partial charge on any atom is -0.367 e. The average Bonchev–Trinajstić information content (AvgIpc) is 3.22. The van der Waals surface area contributed by atoms with Gasteiger partial charge in [-0.25, -0.2) is 4.98 Å². The van der Waals surface area contributed by atoms with Crippen LogP contribution in [0.5, 0.6) is 0 Å². The van der Waals surface area contributed by atoms with E-state index in [9.17, 15) is 4.79 Å². The summed E-state index contributed by atoms with van der Waals surface area (Å²) < 4.78 is 8.28. The van der Waals surface area contributed by atoms with Crippen LogP contribution < -0.4 is 16.0 Å². The van der Waals surface area contributed by atoms with Crippen molar-refractivity contribution in [1.29, 1.82) is 0 Å². The van der Waals surface area contributed by atoms with E-state index in [-0.39, 0.29) is 5.91 Å². The lowest BCUT2D eigenvalue weighted by molar-refractivity contribution is 0.0955. The van der Waals surface area contributed by atoms with Crippen molar-refractivity contribution in [2.75, 3.05) is 23.7 Å². The van der Waals surface area contributed by atoms with Crippen LogP contribution in [0.15, 0.2) is 48.7 Å². The van der Waals surface area contributed by atoms with Crippen LogP contribution in [0.2, 0.25) is 0 Å². The molecule has 0 bridgehead atoms. The third-order valence-electron chi connectivity index (χ3n) is 4.06. The minimum absolute atomic E-state index is 0.155. The first-order valence-electron chi connectivity index (χ1n) is 8.95. The summed E-state index contributed by atoms with van der Waals surface area (Å²) in [4.78, 5) is 16.5. The van der Waals surface area contributed by atoms with Crippen molar-refractivity contribution in [3.05, 3.63) is 59.8 Å². The molecular formula is C19H18N8OS. The van der Waals surface area contributed by atoms with Gasteiger partial charge in [0.2, 0.25) is 0 Å². The quantitative estimate of drug-likeness (QED) is 0.401. The lowest BCUT2D eigenvalue weighted by atomic mass is 10.2. The predicted molar refractivity (Wildman–Crippen MR) is 113 cm³/mol. The Bertz CT molecular complexity index is 1110. The van der Waals surface area contributed by atoms with Crippen LogP contribution >= 0.6 is 11.7 Å². The third kappa shape index (κ3) is 4.79. The molecular weight excluding hydrogens is 388 g/mol. The second-order valence-electron chi connectivity index (χ2n) is 6.30. The van der Waals surface area contributed by atoms with Gasteiger partial charge in [0, 0.05) is 24.8 Å². The number of aromatic nitrogens is 5. The van der Waals surface area contributed by atoms with Crippen LogP contribution in [-0.4, -0.2) is 42.9 Å². The highest BCUT2D eigenvalue weighted by Crippen LogP contribution is 2.14. The SMILES string of the molecule is Cc1ccc(Nc2ccc(NCCNC(=O)c3ccc4nsnc4c3)nn2)nc1. The van der Waals surface area contributed by atoms with Gasteiger partial charge < -0.3 is 16.0 Å². The number of amides is 1. The van der Waals surface area contributed by atoms with Gasteiger partial charge in [0.05, 0.1) is 11.7 Å². The fourth-order valence-electron chi connectivity index (χ4n) is 2.56. The van der Waals surface area contributed by atoms with Crippen molar-refractivity contribution >= 4 is 46.1 Å². The number of fused-ring (bicyclic) bond motifs is 1. The van der Waals surface area contributed by atoms with E-state index in [1.54, 1.807) is 24.4 Å². The van der Waals surface area contributed by atoms with Crippen molar-refractivity contribution < 1.29 is 4.79 Å². The molecule has 146 valence electrons. The van der Waals surface area contributed by atoms with E-state index in [1.165, 1.54) is 0 Å². The summed E-state index contributed by atoms with van der Waals surface area (Å²) in [5.74, 6) is 1.78. The van der Waals surface area contributed by atoms with E-state index in [2.05, 4.69) is 39.9 Å². The van der Waals surface area contributed by atoms with Crippen molar-refractivity contribution in [1.82, 2.24) is 29.2 Å². The maximum Gasteiger partial charge on any atom is 0.251 e. The molecule has 0 aliphatic heterocycles. The number of nitrogens with zero attached hydrogens (tertiary/aromatic N) is 5. The predicted octanol–water partition coefficient (Wildman–Crippen LogP) is 2.77. The van der Waals surface area contributed by atoms with Crippen LogP contribution in [0.4, 0.5) is 17.5 Å². The number of hydrogen-bond acceptors (Lipinski definition) is 9. The van der Waals surface area contributed by atoms with Crippen LogP contribution in [0.1, 0.15) is 15.9 Å². The largest absolute Gasteiger partial charge is 0.367 e. The summed E-state index contributed by atoms with van der Waals surface area (Å²) in [6.45, 7) is 2.95. The molecule has 1 amide bonds. The number of anilines is 3. The summed E-state index contributed by atoms with van der Waals surface area (Å²) in [5, 5.41) is 17.3. The van der Waals surface area contributed by atoms with Crippen LogP contribution in [0.25, 0.3) is 11.0 Å². The molecule has 0 spiro atoms. The van der Waals surface area contributed by atoms with E-state index in [0.29, 0.717) is 36.1 Å². The number of nitrogens with one attached hydrogen (secondary N) is 3. The number of carbonyl (C=O) groups is 1. The number of carbonyl (C=O) groups excluding carboxylic acids is 1. The van der Waals surface area contributed by atoms with E-state index < -0.39 is 0 Å². The summed E-state index contributed by atoms with van der Waals surface area (Å²) in [7, 11) is 0. The molecule has 4 aromatic rings. The average molecular weight is 406 g/mol. The lowest BCUT2D eigenvalue weighted by Crippen LogP contribution is -2.28. The van der Waals surface area contributed by atoms with Crippen LogP contribution in [0.3, 0.4) is 0 Å². The Morgan fingerprint density at radius 2 is 1.72 bits per heavy atom. The molecule has 3 aromatic heterocycles. The molecule has 9 nitrogen and oxygen atoms in total. The topological polar surface area (TPSA) is 118 Å². The Labute approximate surface area is 170 Å². The molecule has 29 heavy (non-hydrogen) atoms. The Balaban J connectivity index is 1.23. The van der Waals surface area contributed by atoms with Gasteiger partial charge in [-0.3, -0.25) is 4.79 Å². The summed E-state index contributed by atoms with van der Waals surface area (Å²) in [6, 6.07) is 12.8. The minimum atomic E-state index is -0.155. The van der Waals surface area contributed by atoms with Crippen LogP contribution in [-0.2, 0) is 0 Å². The first-order chi connectivity index (χ1) is 14.2. The summed E-state index contributed by atoms with van der Waals surface area (Å²) in [5.41, 5.74) is 3.17. The lowest BCUT2D eigenvalue weighted by Gasteiger charge is -2.08. The van der Waals surface area contributed by atoms with E-state index in [1.807, 2.05) is 31.2 Å². The normalized spacial score (nSPS) is 10.7. The van der Waals surface area contributed by atoms with Gasteiger partial charge in [-0.2, -0.15) is 8.75 Å². The van der Waals surface area contributed by atoms with Gasteiger partial charge in [-0.15, -0.1) is 10.2 Å². The van der Waals surface area contributed by atoms with Crippen molar-refractivity contribution in [2.45, 2.75) is 6.92 Å². The molecule has 0 atom stereocenters. The second kappa shape index (κ2) is 8.57. The van der Waals surface area contributed by atoms with Gasteiger partial charge in [-0.05, 0) is 48.9 Å². The maximum absolute atomic E-state index is 12.2. The summed E-state index contributed by atoms with van der Waals surface area (Å²) in [6.07, 6.45) is 1.78. The van der Waals surface area contributed by atoms with Gasteiger partial charge in [0.1, 0.15) is 22.7 Å². The molecule has 4 rings (SSSR count). The highest BCUT2D eigenvalue weighted by Gasteiger charge is 2.07. The molecule has 0 saturated heterocycles. The molecule has 10 heteroatoms. The molecule has 3 N–H and O–H groups in total. The van der Waals surface area contributed by atoms with Gasteiger partial charge in [0.25, 0.3) is 5.91 Å². The maximum atomic E-state index is 12.2. The monoisotopic (exact) mass is 406 g/mol. The highest BCUT2D eigenvalue weighted by atomic mass is 32.1. The van der Waals surface area contributed by atoms with Gasteiger partial charge in [-0.1, -0.05) is 6.07 Å². The van der Waals surface area contributed by atoms with E-state index >= 15 is 0 Å². The summed E-state index contributed by atoms with van der Waals surface area (Å²) >= 11 is 1.13. The van der Waals surface area contributed by atoms with Crippen molar-refractivity contribution in [2.24, 2.45) is 0 Å². The second-order valence-corrected chi connectivity index (χ2v) is 6.83. The molecule has 0 aliphatic rings. The number of aryl methyl sites for hydroxylation is 1. The van der Waals surface area contributed by atoms with E-state index in [0.717, 1.165) is 28.3 Å². The Kier molecular flexibility index (Phi) is 5.52. The fourth-order valence-corrected chi connectivity index (χ4v) is 3.08. The molecule has 3 heterocycles. The Hall–Kier alpha value is -3.66. The van der Waals surface area contributed by atoms with Gasteiger partial charge in [0.15, 0.2) is 5.82 Å². The van der Waals surface area contributed by atoms with Crippen LogP contribution in [0, 0.1) is 6.92 Å². The number of rotatable bonds is 7. The first kappa shape index (κ1) is 18.7. The highest BCUT2D eigenvalue weighted by molar-refractivity contribution is 7.00. The zero-order chi connectivity index (χ0) is 20.1. The molecule has 0 fully saturated rings. The Morgan fingerprint density at radius 3 is 2.52 bits per heavy atom. The third-order valence-corrected chi connectivity index (χ3v) is 4.62. The van der Waals surface area contributed by atoms with Crippen molar-refractivity contribution in [3.63, 3.8) is 0 Å². The molecule has 0 aliphatic carbocycles. The van der Waals surface area contributed by atoms with Gasteiger partial charge >= 0.3 is 0 Å². The molecule has 1 aromatic carbocycles. The smallest absolute Gasteiger partial charge is 0.251 e. The number of benzene rings is 1. The standard InChI is InChI=1S/C19H18N8OS/c1-12-2-5-16(22-11-12)23-18-7-6-17(24-25-18)20-8-9-21-19(28)13-3-4-14-15(10-13)27-29-26-14/h2-7,10-11H,8-9H2,1H3,(H,20,24)(H,21,28)(H,22,23,25). The zero-order valence-corrected chi connectivity index (χ0v) is 16.4. The van der Waals surface area contributed by atoms with E-state index in [4.69, 9.17) is 0 Å².